The molecule has 0 nitrogen and oxygen atoms in total. The summed E-state index contributed by atoms with van der Waals surface area (Å²) in [6.45, 7) is 6.93. The van der Waals surface area contributed by atoms with Gasteiger partial charge in [0.1, 0.15) is 0 Å². The van der Waals surface area contributed by atoms with Crippen LogP contribution in [0.2, 0.25) is 0 Å². The fraction of sp³-hybridized carbons (Fsp3) is 0.600. The van der Waals surface area contributed by atoms with Crippen LogP contribution in [0, 0.1) is 6.92 Å². The lowest BCUT2D eigenvalue weighted by molar-refractivity contribution is 0.535. The van der Waals surface area contributed by atoms with Crippen LogP contribution in [0.1, 0.15) is 102 Å². The van der Waals surface area contributed by atoms with Gasteiger partial charge >= 0.3 is 0 Å². The van der Waals surface area contributed by atoms with Gasteiger partial charge in [-0.2, -0.15) is 0 Å². The molecule has 25 heavy (non-hydrogen) atoms. The first-order chi connectivity index (χ1) is 12.2. The Kier molecular flexibility index (Phi) is 9.08. The Morgan fingerprint density at radius 3 is 2.04 bits per heavy atom. The maximum absolute atomic E-state index is 2.41. The third-order valence-corrected chi connectivity index (χ3v) is 5.56. The van der Waals surface area contributed by atoms with E-state index >= 15 is 0 Å². The molecule has 0 N–H and O–H groups in total. The highest BCUT2D eigenvalue weighted by atomic mass is 14.1. The van der Waals surface area contributed by atoms with E-state index in [0.717, 1.165) is 0 Å². The standard InChI is InChI=1S/C25H38/c1-4-5-6-7-8-9-10-11-12-13-16-22(3)25-20-21(2)19-23-17-14-15-18-24(23)25/h14-15,17-20,22H,4-13,16H2,1-3H3. The van der Waals surface area contributed by atoms with E-state index in [1.807, 2.05) is 0 Å². The van der Waals surface area contributed by atoms with Crippen LogP contribution in [-0.2, 0) is 0 Å². The van der Waals surface area contributed by atoms with Gasteiger partial charge in [-0.05, 0) is 35.6 Å². The van der Waals surface area contributed by atoms with Crippen LogP contribution in [0.3, 0.4) is 0 Å². The molecule has 0 radical (unpaired) electrons. The molecule has 0 saturated heterocycles. The van der Waals surface area contributed by atoms with Crippen LogP contribution in [0.5, 0.6) is 0 Å². The Morgan fingerprint density at radius 2 is 1.36 bits per heavy atom. The molecular weight excluding hydrogens is 300 g/mol. The number of benzene rings is 2. The van der Waals surface area contributed by atoms with Gasteiger partial charge in [0.25, 0.3) is 0 Å². The molecule has 0 aromatic heterocycles. The summed E-state index contributed by atoms with van der Waals surface area (Å²) in [5, 5.41) is 2.85. The van der Waals surface area contributed by atoms with E-state index in [9.17, 15) is 0 Å². The Balaban J connectivity index is 1.68. The largest absolute Gasteiger partial charge is 0.0654 e. The molecule has 0 aliphatic rings. The normalized spacial score (nSPS) is 12.6. The lowest BCUT2D eigenvalue weighted by Crippen LogP contribution is -1.96. The second-order valence-corrected chi connectivity index (χ2v) is 7.95. The van der Waals surface area contributed by atoms with E-state index in [2.05, 4.69) is 57.2 Å². The predicted molar refractivity (Wildman–Crippen MR) is 114 cm³/mol. The Labute approximate surface area is 156 Å². The molecule has 1 unspecified atom stereocenters. The minimum absolute atomic E-state index is 0.666. The fourth-order valence-corrected chi connectivity index (χ4v) is 4.00. The second kappa shape index (κ2) is 11.3. The Bertz CT molecular complexity index is 610. The monoisotopic (exact) mass is 338 g/mol. The highest BCUT2D eigenvalue weighted by molar-refractivity contribution is 5.86. The van der Waals surface area contributed by atoms with Crippen molar-refractivity contribution in [2.24, 2.45) is 0 Å². The van der Waals surface area contributed by atoms with Gasteiger partial charge in [0.05, 0.1) is 0 Å². The van der Waals surface area contributed by atoms with E-state index in [1.165, 1.54) is 87.0 Å². The average molecular weight is 339 g/mol. The topological polar surface area (TPSA) is 0 Å². The molecule has 0 saturated carbocycles. The Morgan fingerprint density at radius 1 is 0.760 bits per heavy atom. The van der Waals surface area contributed by atoms with Crippen molar-refractivity contribution in [3.8, 4) is 0 Å². The van der Waals surface area contributed by atoms with Gasteiger partial charge in [-0.15, -0.1) is 0 Å². The van der Waals surface area contributed by atoms with Gasteiger partial charge in [-0.1, -0.05) is 120 Å². The summed E-state index contributed by atoms with van der Waals surface area (Å²) >= 11 is 0. The van der Waals surface area contributed by atoms with E-state index in [-0.39, 0.29) is 0 Å². The van der Waals surface area contributed by atoms with Crippen LogP contribution in [-0.4, -0.2) is 0 Å². The quantitative estimate of drug-likeness (QED) is 0.340. The number of hydrogen-bond acceptors (Lipinski definition) is 0. The molecule has 0 bridgehead atoms. The lowest BCUT2D eigenvalue weighted by Gasteiger charge is -2.16. The van der Waals surface area contributed by atoms with Crippen molar-refractivity contribution in [2.75, 3.05) is 0 Å². The molecule has 2 aromatic carbocycles. The van der Waals surface area contributed by atoms with Crippen LogP contribution in [0.15, 0.2) is 36.4 Å². The summed E-state index contributed by atoms with van der Waals surface area (Å²) in [4.78, 5) is 0. The molecule has 0 heteroatoms. The lowest BCUT2D eigenvalue weighted by atomic mass is 9.89. The van der Waals surface area contributed by atoms with Gasteiger partial charge in [0.2, 0.25) is 0 Å². The van der Waals surface area contributed by atoms with Crippen molar-refractivity contribution in [1.29, 1.82) is 0 Å². The number of rotatable bonds is 12. The first kappa shape index (κ1) is 20.0. The molecule has 0 amide bonds. The van der Waals surface area contributed by atoms with Crippen LogP contribution < -0.4 is 0 Å². The molecule has 0 spiro atoms. The first-order valence-electron chi connectivity index (χ1n) is 10.7. The maximum Gasteiger partial charge on any atom is -0.0149 e. The van der Waals surface area contributed by atoms with Gasteiger partial charge in [-0.25, -0.2) is 0 Å². The Hall–Kier alpha value is -1.30. The maximum atomic E-state index is 2.41. The zero-order valence-electron chi connectivity index (χ0n) is 16.8. The summed E-state index contributed by atoms with van der Waals surface area (Å²) in [6, 6.07) is 13.6. The van der Waals surface area contributed by atoms with Crippen LogP contribution >= 0.6 is 0 Å². The van der Waals surface area contributed by atoms with Crippen molar-refractivity contribution < 1.29 is 0 Å². The van der Waals surface area contributed by atoms with E-state index in [4.69, 9.17) is 0 Å². The van der Waals surface area contributed by atoms with Gasteiger partial charge in [-0.3, -0.25) is 0 Å². The average Bonchev–Trinajstić information content (AvgIpc) is 2.62. The molecule has 0 aliphatic carbocycles. The van der Waals surface area contributed by atoms with E-state index in [0.29, 0.717) is 5.92 Å². The third kappa shape index (κ3) is 6.84. The van der Waals surface area contributed by atoms with Crippen molar-refractivity contribution >= 4 is 10.8 Å². The SMILES string of the molecule is CCCCCCCCCCCCC(C)c1cc(C)cc2ccccc12. The number of hydrogen-bond donors (Lipinski definition) is 0. The molecule has 2 rings (SSSR count). The van der Waals surface area contributed by atoms with Gasteiger partial charge in [0, 0.05) is 0 Å². The van der Waals surface area contributed by atoms with Crippen molar-refractivity contribution in [1.82, 2.24) is 0 Å². The second-order valence-electron chi connectivity index (χ2n) is 7.95. The third-order valence-electron chi connectivity index (χ3n) is 5.56. The highest BCUT2D eigenvalue weighted by Gasteiger charge is 2.10. The van der Waals surface area contributed by atoms with Gasteiger partial charge in [0.15, 0.2) is 0 Å². The number of aryl methyl sites for hydroxylation is 1. The van der Waals surface area contributed by atoms with Crippen LogP contribution in [0.4, 0.5) is 0 Å². The first-order valence-corrected chi connectivity index (χ1v) is 10.7. The summed E-state index contributed by atoms with van der Waals surface area (Å²) in [7, 11) is 0. The predicted octanol–water partition coefficient (Wildman–Crippen LogP) is 8.56. The summed E-state index contributed by atoms with van der Waals surface area (Å²) in [5.74, 6) is 0.666. The molecule has 0 fully saturated rings. The summed E-state index contributed by atoms with van der Waals surface area (Å²) in [5.41, 5.74) is 2.94. The van der Waals surface area contributed by atoms with E-state index in [1.54, 1.807) is 5.56 Å². The number of unbranched alkanes of at least 4 members (excludes halogenated alkanes) is 9. The fourth-order valence-electron chi connectivity index (χ4n) is 4.00. The van der Waals surface area contributed by atoms with Crippen molar-refractivity contribution in [3.63, 3.8) is 0 Å². The summed E-state index contributed by atoms with van der Waals surface area (Å²) < 4.78 is 0. The minimum atomic E-state index is 0.666. The molecule has 0 heterocycles. The van der Waals surface area contributed by atoms with Crippen molar-refractivity contribution in [3.05, 3.63) is 47.5 Å². The zero-order chi connectivity index (χ0) is 17.9. The minimum Gasteiger partial charge on any atom is -0.0654 e. The smallest absolute Gasteiger partial charge is 0.0149 e. The molecule has 138 valence electrons. The molecule has 0 aliphatic heterocycles. The zero-order valence-corrected chi connectivity index (χ0v) is 16.8. The summed E-state index contributed by atoms with van der Waals surface area (Å²) in [6.07, 6.45) is 15.5. The van der Waals surface area contributed by atoms with E-state index < -0.39 is 0 Å². The van der Waals surface area contributed by atoms with Crippen LogP contribution in [0.25, 0.3) is 10.8 Å². The van der Waals surface area contributed by atoms with Crippen molar-refractivity contribution in [2.45, 2.75) is 97.3 Å². The molecular formula is C25H38. The number of fused-ring (bicyclic) bond motifs is 1. The molecule has 2 aromatic rings. The molecule has 1 atom stereocenters. The highest BCUT2D eigenvalue weighted by Crippen LogP contribution is 2.30. The van der Waals surface area contributed by atoms with Gasteiger partial charge < -0.3 is 0 Å².